The standard InChI is InChI=1S/C35H40N4O7/c1-7-19-15(2)22-12-24-17(4)21(8-9-28(41)42)32(38-24)29-31(34(43)46-6)35(44,45)30-18(5)25(39-33(29)30)14-27-20(10-11-40)16(3)23(37-27)13-26(19)36-22/h7,12-14,17,21,31,36-40,44-45H,1,8-11H2,2-6H3,(H,41,42)/b23-13-,24-12-,27-14-,32-29-/t17-,21-,31-/m0/s1. The first-order chi connectivity index (χ1) is 21.8. The first kappa shape index (κ1) is 31.4. The lowest BCUT2D eigenvalue weighted by Crippen LogP contribution is -2.38. The van der Waals surface area contributed by atoms with Gasteiger partial charge in [-0.2, -0.15) is 0 Å². The lowest BCUT2D eigenvalue weighted by Gasteiger charge is -2.26. The molecule has 0 amide bonds. The Kier molecular flexibility index (Phi) is 7.74. The molecule has 46 heavy (non-hydrogen) atoms. The highest BCUT2D eigenvalue weighted by Crippen LogP contribution is 2.54. The summed E-state index contributed by atoms with van der Waals surface area (Å²) in [6.45, 7) is 11.7. The van der Waals surface area contributed by atoms with E-state index in [0.717, 1.165) is 50.0 Å². The number of aromatic amines is 3. The van der Waals surface area contributed by atoms with Crippen LogP contribution in [0.5, 0.6) is 0 Å². The molecule has 6 rings (SSSR count). The predicted molar refractivity (Wildman–Crippen MR) is 173 cm³/mol. The van der Waals surface area contributed by atoms with Crippen LogP contribution in [0.3, 0.4) is 0 Å². The Morgan fingerprint density at radius 3 is 2.35 bits per heavy atom. The van der Waals surface area contributed by atoms with E-state index in [-0.39, 0.29) is 36.8 Å². The van der Waals surface area contributed by atoms with Crippen molar-refractivity contribution in [2.75, 3.05) is 13.7 Å². The Labute approximate surface area is 265 Å². The van der Waals surface area contributed by atoms with Gasteiger partial charge in [-0.15, -0.1) is 0 Å². The molecule has 0 saturated carbocycles. The predicted octanol–water partition coefficient (Wildman–Crippen LogP) is 2.16. The van der Waals surface area contributed by atoms with Crippen molar-refractivity contribution < 1.29 is 34.8 Å². The molecule has 2 aliphatic heterocycles. The summed E-state index contributed by atoms with van der Waals surface area (Å²) >= 11 is 0. The van der Waals surface area contributed by atoms with Crippen molar-refractivity contribution in [1.82, 2.24) is 20.3 Å². The molecule has 3 atom stereocenters. The number of aliphatic hydroxyl groups is 3. The molecule has 5 heterocycles. The molecule has 11 heteroatoms. The van der Waals surface area contributed by atoms with E-state index in [4.69, 9.17) is 4.74 Å². The molecule has 0 aromatic carbocycles. The molecular formula is C35H40N4O7. The first-order valence-corrected chi connectivity index (χ1v) is 15.4. The second-order valence-corrected chi connectivity index (χ2v) is 12.5. The molecule has 1 saturated heterocycles. The number of rotatable bonds is 7. The Hall–Kier alpha value is -4.58. The van der Waals surface area contributed by atoms with Crippen molar-refractivity contribution >= 4 is 41.8 Å². The fraction of sp³-hybridized carbons (Fsp3) is 0.371. The van der Waals surface area contributed by atoms with Gasteiger partial charge >= 0.3 is 11.9 Å². The quantitative estimate of drug-likeness (QED) is 0.145. The zero-order valence-electron chi connectivity index (χ0n) is 26.6. The number of carbonyl (C=O) groups is 2. The summed E-state index contributed by atoms with van der Waals surface area (Å²) < 4.78 is 5.11. The molecule has 1 fully saturated rings. The molecule has 0 unspecified atom stereocenters. The Morgan fingerprint density at radius 2 is 1.70 bits per heavy atom. The zero-order valence-corrected chi connectivity index (χ0v) is 26.6. The van der Waals surface area contributed by atoms with Gasteiger partial charge < -0.3 is 45.4 Å². The summed E-state index contributed by atoms with van der Waals surface area (Å²) in [5.41, 5.74) is 8.74. The molecule has 8 bridgehead atoms. The van der Waals surface area contributed by atoms with Crippen molar-refractivity contribution in [1.29, 1.82) is 0 Å². The van der Waals surface area contributed by atoms with E-state index in [9.17, 15) is 30.0 Å². The van der Waals surface area contributed by atoms with Crippen LogP contribution in [0.4, 0.5) is 0 Å². The number of aromatic nitrogens is 3. The maximum absolute atomic E-state index is 13.3. The van der Waals surface area contributed by atoms with Crippen LogP contribution in [0.15, 0.2) is 18.0 Å². The molecular weight excluding hydrogens is 588 g/mol. The van der Waals surface area contributed by atoms with Gasteiger partial charge in [0.05, 0.1) is 12.8 Å². The van der Waals surface area contributed by atoms with E-state index in [1.165, 1.54) is 7.11 Å². The van der Waals surface area contributed by atoms with Crippen molar-refractivity contribution in [3.8, 4) is 0 Å². The Balaban J connectivity index is 1.75. The number of hydrogen-bond donors (Lipinski definition) is 8. The number of nitrogens with one attached hydrogen (secondary N) is 4. The van der Waals surface area contributed by atoms with Crippen LogP contribution in [0, 0.1) is 38.5 Å². The average molecular weight is 629 g/mol. The molecule has 3 aromatic rings. The van der Waals surface area contributed by atoms with Crippen LogP contribution in [0.1, 0.15) is 75.9 Å². The highest BCUT2D eigenvalue weighted by Gasteiger charge is 2.57. The van der Waals surface area contributed by atoms with Crippen molar-refractivity contribution in [3.05, 3.63) is 84.8 Å². The third-order valence-corrected chi connectivity index (χ3v) is 10.0. The summed E-state index contributed by atoms with van der Waals surface area (Å²) in [5.74, 6) is -6.47. The number of hydrogen-bond acceptors (Lipinski definition) is 7. The smallest absolute Gasteiger partial charge is 0.319 e. The summed E-state index contributed by atoms with van der Waals surface area (Å²) in [4.78, 5) is 35.5. The Bertz CT molecular complexity index is 1980. The highest BCUT2D eigenvalue weighted by atomic mass is 16.5. The third-order valence-electron chi connectivity index (χ3n) is 10.0. The van der Waals surface area contributed by atoms with Crippen LogP contribution in [-0.2, 0) is 26.5 Å². The summed E-state index contributed by atoms with van der Waals surface area (Å²) in [7, 11) is 1.20. The molecule has 11 nitrogen and oxygen atoms in total. The topological polar surface area (TPSA) is 184 Å². The molecule has 242 valence electrons. The SMILES string of the molecule is C=Cc1c2[nH]c(c1C)/C=C1\N/C(=C3\c4[nH]c(c(C)c4C(O)(O)[C@@H]3C(=O)OC)/C=c3\[nH]/c(c(C)c3CCO)=C\2)[C@@H](CCC(=O)O)[C@@H]1C. The number of carboxylic acids is 1. The molecule has 3 aliphatic rings. The summed E-state index contributed by atoms with van der Waals surface area (Å²) in [6.07, 6.45) is 8.20. The second kappa shape index (κ2) is 11.3. The number of fused-ring (bicyclic) bond motifs is 7. The van der Waals surface area contributed by atoms with Gasteiger partial charge in [-0.3, -0.25) is 9.59 Å². The lowest BCUT2D eigenvalue weighted by molar-refractivity contribution is -0.203. The monoisotopic (exact) mass is 628 g/mol. The number of H-pyrrole nitrogens is 3. The zero-order chi connectivity index (χ0) is 33.2. The lowest BCUT2D eigenvalue weighted by atomic mass is 9.84. The number of ether oxygens (including phenoxy) is 1. The minimum absolute atomic E-state index is 0.0640. The number of aliphatic hydroxyl groups excluding tert-OH is 1. The normalized spacial score (nSPS) is 25.1. The van der Waals surface area contributed by atoms with Crippen LogP contribution in [0.2, 0.25) is 0 Å². The number of methoxy groups -OCH3 is 1. The van der Waals surface area contributed by atoms with Crippen molar-refractivity contribution in [3.63, 3.8) is 0 Å². The maximum Gasteiger partial charge on any atom is 0.319 e. The van der Waals surface area contributed by atoms with Gasteiger partial charge in [0.15, 0.2) is 0 Å². The molecule has 1 aliphatic carbocycles. The third kappa shape index (κ3) is 4.69. The maximum atomic E-state index is 13.3. The van der Waals surface area contributed by atoms with Gasteiger partial charge in [0.25, 0.3) is 0 Å². The van der Waals surface area contributed by atoms with Crippen LogP contribution >= 0.6 is 0 Å². The largest absolute Gasteiger partial charge is 0.481 e. The molecule has 0 radical (unpaired) electrons. The van der Waals surface area contributed by atoms with E-state index < -0.39 is 23.6 Å². The van der Waals surface area contributed by atoms with E-state index >= 15 is 0 Å². The fourth-order valence-corrected chi connectivity index (χ4v) is 7.54. The average Bonchev–Trinajstić information content (AvgIpc) is 3.73. The van der Waals surface area contributed by atoms with Gasteiger partial charge in [0, 0.05) is 80.7 Å². The number of carboxylic acid groups (broad SMARTS) is 1. The summed E-state index contributed by atoms with van der Waals surface area (Å²) in [5, 5.41) is 48.1. The van der Waals surface area contributed by atoms with Crippen LogP contribution in [0.25, 0.3) is 29.9 Å². The summed E-state index contributed by atoms with van der Waals surface area (Å²) in [6, 6.07) is 0. The van der Waals surface area contributed by atoms with E-state index in [1.807, 2.05) is 39.0 Å². The number of esters is 1. The molecule has 0 spiro atoms. The highest BCUT2D eigenvalue weighted by molar-refractivity contribution is 5.95. The minimum Gasteiger partial charge on any atom is -0.481 e. The first-order valence-electron chi connectivity index (χ1n) is 15.4. The van der Waals surface area contributed by atoms with Gasteiger partial charge in [0.2, 0.25) is 5.79 Å². The van der Waals surface area contributed by atoms with Crippen LogP contribution < -0.4 is 16.0 Å². The van der Waals surface area contributed by atoms with E-state index in [0.29, 0.717) is 34.6 Å². The second-order valence-electron chi connectivity index (χ2n) is 12.5. The van der Waals surface area contributed by atoms with Gasteiger partial charge in [-0.05, 0) is 74.1 Å². The number of carbonyl (C=O) groups excluding carboxylic acids is 1. The van der Waals surface area contributed by atoms with E-state index in [1.54, 1.807) is 13.0 Å². The molecule has 8 N–H and O–H groups in total. The fourth-order valence-electron chi connectivity index (χ4n) is 7.54. The van der Waals surface area contributed by atoms with Crippen molar-refractivity contribution in [2.45, 2.75) is 52.7 Å². The van der Waals surface area contributed by atoms with Gasteiger partial charge in [-0.25, -0.2) is 0 Å². The number of aliphatic carboxylic acids is 1. The van der Waals surface area contributed by atoms with E-state index in [2.05, 4.69) is 26.8 Å². The van der Waals surface area contributed by atoms with Gasteiger partial charge in [-0.1, -0.05) is 19.6 Å². The van der Waals surface area contributed by atoms with Gasteiger partial charge in [0.1, 0.15) is 5.92 Å². The van der Waals surface area contributed by atoms with Crippen LogP contribution in [-0.4, -0.2) is 61.0 Å². The minimum atomic E-state index is -2.61. The Morgan fingerprint density at radius 1 is 1.00 bits per heavy atom. The molecule has 3 aromatic heterocycles. The van der Waals surface area contributed by atoms with Crippen molar-refractivity contribution in [2.24, 2.45) is 17.8 Å². The number of allylic oxidation sites excluding steroid dienone is 2.